The molecule has 0 heterocycles. The van der Waals surface area contributed by atoms with Crippen molar-refractivity contribution in [2.45, 2.75) is 19.3 Å². The molecule has 21 heavy (non-hydrogen) atoms. The van der Waals surface area contributed by atoms with Crippen LogP contribution in [-0.2, 0) is 4.79 Å². The summed E-state index contributed by atoms with van der Waals surface area (Å²) in [5.41, 5.74) is 4.27. The molecule has 1 N–H and O–H groups in total. The van der Waals surface area contributed by atoms with Crippen LogP contribution >= 0.6 is 0 Å². The van der Waals surface area contributed by atoms with Gasteiger partial charge in [0, 0.05) is 11.1 Å². The maximum atomic E-state index is 10.9. The number of carboxylic acid groups (broad SMARTS) is 1. The van der Waals surface area contributed by atoms with Gasteiger partial charge in [0.1, 0.15) is 0 Å². The minimum absolute atomic E-state index is 0.182. The fourth-order valence-corrected chi connectivity index (χ4v) is 2.43. The normalized spacial score (nSPS) is 19.5. The Morgan fingerprint density at radius 3 is 2.00 bits per heavy atom. The van der Waals surface area contributed by atoms with Crippen LogP contribution in [0.4, 0.5) is 0 Å². The third-order valence-corrected chi connectivity index (χ3v) is 3.85. The summed E-state index contributed by atoms with van der Waals surface area (Å²) < 4.78 is 0. The first-order valence-corrected chi connectivity index (χ1v) is 7.05. The van der Waals surface area contributed by atoms with E-state index in [0.717, 1.165) is 23.1 Å². The van der Waals surface area contributed by atoms with Gasteiger partial charge in [-0.2, -0.15) is 0 Å². The summed E-state index contributed by atoms with van der Waals surface area (Å²) in [4.78, 5) is 10.9. The second-order valence-electron chi connectivity index (χ2n) is 5.52. The quantitative estimate of drug-likeness (QED) is 0.851. The van der Waals surface area contributed by atoms with Crippen LogP contribution in [0.3, 0.4) is 0 Å². The molecule has 1 aliphatic rings. The van der Waals surface area contributed by atoms with Gasteiger partial charge in [0.15, 0.2) is 0 Å². The van der Waals surface area contributed by atoms with Gasteiger partial charge in [0.25, 0.3) is 0 Å². The van der Waals surface area contributed by atoms with E-state index in [0.29, 0.717) is 0 Å². The van der Waals surface area contributed by atoms with E-state index in [9.17, 15) is 4.79 Å². The summed E-state index contributed by atoms with van der Waals surface area (Å²) >= 11 is 0. The van der Waals surface area contributed by atoms with Crippen LogP contribution in [-0.4, -0.2) is 11.1 Å². The van der Waals surface area contributed by atoms with E-state index < -0.39 is 5.97 Å². The molecule has 0 saturated heterocycles. The lowest BCUT2D eigenvalue weighted by molar-refractivity contribution is -0.138. The average molecular weight is 276 g/mol. The van der Waals surface area contributed by atoms with Crippen molar-refractivity contribution in [1.29, 1.82) is 0 Å². The number of hydrogen-bond donors (Lipinski definition) is 1. The second-order valence-corrected chi connectivity index (χ2v) is 5.52. The van der Waals surface area contributed by atoms with Crippen LogP contribution < -0.4 is 0 Å². The van der Waals surface area contributed by atoms with Gasteiger partial charge in [-0.05, 0) is 49.1 Å². The number of hydrogen-bond acceptors (Lipinski definition) is 1. The van der Waals surface area contributed by atoms with E-state index in [1.807, 2.05) is 48.5 Å². The largest absolute Gasteiger partial charge is 0.481 e. The molecule has 2 atom stereocenters. The van der Waals surface area contributed by atoms with Gasteiger partial charge in [0.2, 0.25) is 0 Å². The first kappa shape index (κ1) is 13.5. The second kappa shape index (κ2) is 5.46. The molecule has 1 fully saturated rings. The Kier molecular flexibility index (Phi) is 3.50. The Hall–Kier alpha value is -2.53. The summed E-state index contributed by atoms with van der Waals surface area (Å²) in [6.45, 7) is 2.05. The van der Waals surface area contributed by atoms with Crippen LogP contribution in [0.5, 0.6) is 0 Å². The molecular weight excluding hydrogens is 260 g/mol. The Morgan fingerprint density at radius 2 is 1.52 bits per heavy atom. The molecule has 0 amide bonds. The lowest BCUT2D eigenvalue weighted by Crippen LogP contribution is -1.98. The lowest BCUT2D eigenvalue weighted by atomic mass is 10.1. The maximum Gasteiger partial charge on any atom is 0.307 e. The van der Waals surface area contributed by atoms with E-state index in [1.165, 1.54) is 5.56 Å². The molecule has 0 aromatic heterocycles. The number of carbonyl (C=O) groups is 1. The summed E-state index contributed by atoms with van der Waals surface area (Å²) in [6.07, 6.45) is 0.754. The van der Waals surface area contributed by atoms with Gasteiger partial charge >= 0.3 is 5.97 Å². The van der Waals surface area contributed by atoms with E-state index in [-0.39, 0.29) is 11.8 Å². The van der Waals surface area contributed by atoms with Crippen LogP contribution in [0.1, 0.15) is 34.6 Å². The molecule has 1 aliphatic carbocycles. The highest BCUT2D eigenvalue weighted by Crippen LogP contribution is 2.47. The van der Waals surface area contributed by atoms with Crippen molar-refractivity contribution >= 4 is 5.97 Å². The smallest absolute Gasteiger partial charge is 0.307 e. The van der Waals surface area contributed by atoms with Gasteiger partial charge in [0.05, 0.1) is 5.92 Å². The van der Waals surface area contributed by atoms with Crippen molar-refractivity contribution in [3.05, 3.63) is 70.8 Å². The standard InChI is InChI=1S/C19H16O2/c1-13-2-4-14(5-3-13)6-7-15-8-10-16(11-9-15)17-12-18(17)19(20)21/h2-5,8-11,17-18H,12H2,1H3,(H,20,21). The summed E-state index contributed by atoms with van der Waals surface area (Å²) in [5.74, 6) is 5.56. The van der Waals surface area contributed by atoms with Crippen molar-refractivity contribution in [2.24, 2.45) is 5.92 Å². The molecule has 104 valence electrons. The first-order valence-electron chi connectivity index (χ1n) is 7.05. The molecule has 0 spiro atoms. The Balaban J connectivity index is 1.71. The van der Waals surface area contributed by atoms with E-state index >= 15 is 0 Å². The third kappa shape index (κ3) is 3.14. The molecule has 2 unspecified atom stereocenters. The molecule has 2 aromatic carbocycles. The van der Waals surface area contributed by atoms with Crippen LogP contribution in [0, 0.1) is 24.7 Å². The zero-order valence-corrected chi connectivity index (χ0v) is 11.8. The van der Waals surface area contributed by atoms with E-state index in [2.05, 4.69) is 18.8 Å². The predicted molar refractivity (Wildman–Crippen MR) is 82.1 cm³/mol. The third-order valence-electron chi connectivity index (χ3n) is 3.85. The fraction of sp³-hybridized carbons (Fsp3) is 0.211. The summed E-state index contributed by atoms with van der Waals surface area (Å²) in [6, 6.07) is 16.0. The van der Waals surface area contributed by atoms with E-state index in [1.54, 1.807) is 0 Å². The SMILES string of the molecule is Cc1ccc(C#Cc2ccc(C3CC3C(=O)O)cc2)cc1. The number of carboxylic acids is 1. The van der Waals surface area contributed by atoms with Gasteiger partial charge < -0.3 is 5.11 Å². The zero-order valence-electron chi connectivity index (χ0n) is 11.8. The number of benzene rings is 2. The van der Waals surface area contributed by atoms with Gasteiger partial charge in [-0.3, -0.25) is 4.79 Å². The molecule has 1 saturated carbocycles. The Labute approximate surface area is 124 Å². The first-order chi connectivity index (χ1) is 10.1. The molecule has 3 rings (SSSR count). The Bertz CT molecular complexity index is 715. The molecule has 0 bridgehead atoms. The van der Waals surface area contributed by atoms with Crippen molar-refractivity contribution in [3.63, 3.8) is 0 Å². The lowest BCUT2D eigenvalue weighted by Gasteiger charge is -1.98. The van der Waals surface area contributed by atoms with E-state index in [4.69, 9.17) is 5.11 Å². The minimum Gasteiger partial charge on any atom is -0.481 e. The molecule has 2 heteroatoms. The number of rotatable bonds is 2. The van der Waals surface area contributed by atoms with Crippen molar-refractivity contribution in [1.82, 2.24) is 0 Å². The molecule has 2 aromatic rings. The molecule has 2 nitrogen and oxygen atoms in total. The minimum atomic E-state index is -0.691. The summed E-state index contributed by atoms with van der Waals surface area (Å²) in [7, 11) is 0. The average Bonchev–Trinajstić information content (AvgIpc) is 3.28. The topological polar surface area (TPSA) is 37.3 Å². The predicted octanol–water partition coefficient (Wildman–Crippen LogP) is 3.58. The molecule has 0 aliphatic heterocycles. The number of aliphatic carboxylic acids is 1. The highest BCUT2D eigenvalue weighted by Gasteiger charge is 2.43. The Morgan fingerprint density at radius 1 is 1.00 bits per heavy atom. The van der Waals surface area contributed by atoms with Crippen molar-refractivity contribution in [3.8, 4) is 11.8 Å². The molecule has 0 radical (unpaired) electrons. The highest BCUT2D eigenvalue weighted by molar-refractivity contribution is 5.75. The fourth-order valence-electron chi connectivity index (χ4n) is 2.43. The van der Waals surface area contributed by atoms with Gasteiger partial charge in [-0.25, -0.2) is 0 Å². The maximum absolute atomic E-state index is 10.9. The molecular formula is C19H16O2. The summed E-state index contributed by atoms with van der Waals surface area (Å²) in [5, 5.41) is 8.95. The van der Waals surface area contributed by atoms with Gasteiger partial charge in [-0.1, -0.05) is 41.7 Å². The van der Waals surface area contributed by atoms with Gasteiger partial charge in [-0.15, -0.1) is 0 Å². The zero-order chi connectivity index (χ0) is 14.8. The van der Waals surface area contributed by atoms with Crippen molar-refractivity contribution in [2.75, 3.05) is 0 Å². The monoisotopic (exact) mass is 276 g/mol. The van der Waals surface area contributed by atoms with Crippen LogP contribution in [0.25, 0.3) is 0 Å². The highest BCUT2D eigenvalue weighted by atomic mass is 16.4. The van der Waals surface area contributed by atoms with Crippen molar-refractivity contribution < 1.29 is 9.90 Å². The van der Waals surface area contributed by atoms with Crippen LogP contribution in [0.15, 0.2) is 48.5 Å². The van der Waals surface area contributed by atoms with Crippen LogP contribution in [0.2, 0.25) is 0 Å². The number of aryl methyl sites for hydroxylation is 1.